The van der Waals surface area contributed by atoms with Crippen molar-refractivity contribution in [2.75, 3.05) is 6.54 Å². The number of rotatable bonds is 6. The van der Waals surface area contributed by atoms with Crippen molar-refractivity contribution >= 4 is 0 Å². The third kappa shape index (κ3) is 5.76. The Labute approximate surface area is 128 Å². The second kappa shape index (κ2) is 7.82. The van der Waals surface area contributed by atoms with Crippen LogP contribution in [0.4, 0.5) is 0 Å². The summed E-state index contributed by atoms with van der Waals surface area (Å²) in [6.45, 7) is 18.0. The first-order valence-corrected chi connectivity index (χ1v) is 8.97. The predicted octanol–water partition coefficient (Wildman–Crippen LogP) is 5.50. The Hall–Kier alpha value is -0.0400. The molecule has 1 aliphatic carbocycles. The topological polar surface area (TPSA) is 12.0 Å². The maximum Gasteiger partial charge on any atom is 0.00982 e. The van der Waals surface area contributed by atoms with Crippen LogP contribution in [0.3, 0.4) is 0 Å². The zero-order valence-corrected chi connectivity index (χ0v) is 15.1. The summed E-state index contributed by atoms with van der Waals surface area (Å²) in [5.74, 6) is 3.51. The van der Waals surface area contributed by atoms with Gasteiger partial charge >= 0.3 is 0 Å². The van der Waals surface area contributed by atoms with E-state index in [-0.39, 0.29) is 0 Å². The lowest BCUT2D eigenvalue weighted by Crippen LogP contribution is -2.42. The molecule has 0 heterocycles. The van der Waals surface area contributed by atoms with E-state index in [1.165, 1.54) is 38.6 Å². The summed E-state index contributed by atoms with van der Waals surface area (Å²) >= 11 is 0. The van der Waals surface area contributed by atoms with Crippen molar-refractivity contribution < 1.29 is 0 Å². The summed E-state index contributed by atoms with van der Waals surface area (Å²) in [7, 11) is 0. The fraction of sp³-hybridized carbons (Fsp3) is 1.00. The molecule has 0 aromatic rings. The molecule has 0 aromatic heterocycles. The molecule has 1 aliphatic rings. The molecule has 20 heavy (non-hydrogen) atoms. The summed E-state index contributed by atoms with van der Waals surface area (Å²) in [5.41, 5.74) is 0.429. The quantitative estimate of drug-likeness (QED) is 0.678. The Morgan fingerprint density at radius 1 is 1.05 bits per heavy atom. The highest BCUT2D eigenvalue weighted by molar-refractivity contribution is 4.86. The minimum atomic E-state index is 0.429. The normalized spacial score (nSPS) is 31.1. The SMILES string of the molecule is CCCNC(CC(C)C(C)(C)C)C1CC(C)CC(C)C1. The van der Waals surface area contributed by atoms with Gasteiger partial charge in [-0.3, -0.25) is 0 Å². The molecule has 0 amide bonds. The van der Waals surface area contributed by atoms with E-state index in [0.717, 1.165) is 29.7 Å². The zero-order valence-electron chi connectivity index (χ0n) is 15.1. The molecule has 0 aromatic carbocycles. The molecule has 1 N–H and O–H groups in total. The lowest BCUT2D eigenvalue weighted by molar-refractivity contribution is 0.138. The average molecular weight is 282 g/mol. The lowest BCUT2D eigenvalue weighted by Gasteiger charge is -2.40. The molecule has 0 bridgehead atoms. The van der Waals surface area contributed by atoms with Crippen LogP contribution in [-0.4, -0.2) is 12.6 Å². The van der Waals surface area contributed by atoms with Crippen LogP contribution in [0, 0.1) is 29.1 Å². The van der Waals surface area contributed by atoms with Crippen LogP contribution in [-0.2, 0) is 0 Å². The van der Waals surface area contributed by atoms with Crippen molar-refractivity contribution in [3.05, 3.63) is 0 Å². The minimum absolute atomic E-state index is 0.429. The molecule has 120 valence electrons. The minimum Gasteiger partial charge on any atom is -0.314 e. The molecule has 1 heteroatoms. The van der Waals surface area contributed by atoms with Gasteiger partial charge in [-0.15, -0.1) is 0 Å². The van der Waals surface area contributed by atoms with E-state index in [9.17, 15) is 0 Å². The molecule has 0 aliphatic heterocycles. The molecule has 0 radical (unpaired) electrons. The van der Waals surface area contributed by atoms with Gasteiger partial charge in [0.25, 0.3) is 0 Å². The Morgan fingerprint density at radius 3 is 2.05 bits per heavy atom. The molecule has 1 rings (SSSR count). The average Bonchev–Trinajstić information content (AvgIpc) is 2.31. The van der Waals surface area contributed by atoms with Crippen molar-refractivity contribution in [1.29, 1.82) is 0 Å². The highest BCUT2D eigenvalue weighted by Gasteiger charge is 2.32. The van der Waals surface area contributed by atoms with E-state index in [0.29, 0.717) is 5.41 Å². The van der Waals surface area contributed by atoms with E-state index >= 15 is 0 Å². The molecule has 0 saturated heterocycles. The second-order valence-electron chi connectivity index (χ2n) is 8.74. The predicted molar refractivity (Wildman–Crippen MR) is 91.0 cm³/mol. The van der Waals surface area contributed by atoms with Crippen molar-refractivity contribution in [2.45, 2.75) is 86.6 Å². The maximum atomic E-state index is 3.88. The van der Waals surface area contributed by atoms with Crippen LogP contribution in [0.5, 0.6) is 0 Å². The van der Waals surface area contributed by atoms with Gasteiger partial charge in [0, 0.05) is 6.04 Å². The van der Waals surface area contributed by atoms with E-state index in [2.05, 4.69) is 53.8 Å². The van der Waals surface area contributed by atoms with Crippen molar-refractivity contribution in [3.63, 3.8) is 0 Å². The molecule has 1 fully saturated rings. The fourth-order valence-electron chi connectivity index (χ4n) is 3.84. The van der Waals surface area contributed by atoms with Crippen LogP contribution >= 0.6 is 0 Å². The van der Waals surface area contributed by atoms with E-state index < -0.39 is 0 Å². The molecule has 1 saturated carbocycles. The summed E-state index contributed by atoms with van der Waals surface area (Å²) in [5, 5.41) is 3.88. The van der Waals surface area contributed by atoms with Gasteiger partial charge in [0.05, 0.1) is 0 Å². The monoisotopic (exact) mass is 281 g/mol. The summed E-state index contributed by atoms with van der Waals surface area (Å²) in [6.07, 6.45) is 6.89. The van der Waals surface area contributed by atoms with E-state index in [1.807, 2.05) is 0 Å². The highest BCUT2D eigenvalue weighted by Crippen LogP contribution is 2.38. The first kappa shape index (κ1) is 18.0. The van der Waals surface area contributed by atoms with E-state index in [1.54, 1.807) is 0 Å². The van der Waals surface area contributed by atoms with Gasteiger partial charge in [0.1, 0.15) is 0 Å². The van der Waals surface area contributed by atoms with Crippen LogP contribution in [0.1, 0.15) is 80.6 Å². The van der Waals surface area contributed by atoms with Crippen LogP contribution < -0.4 is 5.32 Å². The Balaban J connectivity index is 2.67. The Bertz CT molecular complexity index is 255. The first-order valence-electron chi connectivity index (χ1n) is 8.97. The lowest BCUT2D eigenvalue weighted by atomic mass is 9.70. The molecular weight excluding hydrogens is 242 g/mol. The van der Waals surface area contributed by atoms with Gasteiger partial charge in [-0.1, -0.05) is 48.5 Å². The number of nitrogens with one attached hydrogen (secondary N) is 1. The first-order chi connectivity index (χ1) is 9.24. The van der Waals surface area contributed by atoms with Gasteiger partial charge in [0.15, 0.2) is 0 Å². The van der Waals surface area contributed by atoms with Crippen molar-refractivity contribution in [2.24, 2.45) is 29.1 Å². The molecule has 4 unspecified atom stereocenters. The van der Waals surface area contributed by atoms with Gasteiger partial charge in [-0.25, -0.2) is 0 Å². The molecule has 0 spiro atoms. The van der Waals surface area contributed by atoms with Gasteiger partial charge < -0.3 is 5.32 Å². The van der Waals surface area contributed by atoms with Crippen LogP contribution in [0.2, 0.25) is 0 Å². The number of hydrogen-bond acceptors (Lipinski definition) is 1. The third-order valence-corrected chi connectivity index (χ3v) is 5.53. The fourth-order valence-corrected chi connectivity index (χ4v) is 3.84. The largest absolute Gasteiger partial charge is 0.314 e. The Kier molecular flexibility index (Phi) is 7.04. The Morgan fingerprint density at radius 2 is 1.60 bits per heavy atom. The molecule has 1 nitrogen and oxygen atoms in total. The third-order valence-electron chi connectivity index (χ3n) is 5.53. The van der Waals surface area contributed by atoms with Crippen LogP contribution in [0.15, 0.2) is 0 Å². The van der Waals surface area contributed by atoms with Crippen molar-refractivity contribution in [3.8, 4) is 0 Å². The summed E-state index contributed by atoms with van der Waals surface area (Å²) in [6, 6.07) is 0.731. The van der Waals surface area contributed by atoms with Gasteiger partial charge in [0.2, 0.25) is 0 Å². The summed E-state index contributed by atoms with van der Waals surface area (Å²) in [4.78, 5) is 0. The standard InChI is InChI=1S/C19H39N/c1-8-9-20-18(13-16(4)19(5,6)7)17-11-14(2)10-15(3)12-17/h14-18,20H,8-13H2,1-7H3. The molecular formula is C19H39N. The second-order valence-corrected chi connectivity index (χ2v) is 8.74. The molecule has 4 atom stereocenters. The van der Waals surface area contributed by atoms with Crippen molar-refractivity contribution in [1.82, 2.24) is 5.32 Å². The zero-order chi connectivity index (χ0) is 15.3. The van der Waals surface area contributed by atoms with Gasteiger partial charge in [-0.2, -0.15) is 0 Å². The number of hydrogen-bond donors (Lipinski definition) is 1. The van der Waals surface area contributed by atoms with Crippen LogP contribution in [0.25, 0.3) is 0 Å². The smallest absolute Gasteiger partial charge is 0.00982 e. The maximum absolute atomic E-state index is 3.88. The summed E-state index contributed by atoms with van der Waals surface area (Å²) < 4.78 is 0. The van der Waals surface area contributed by atoms with Gasteiger partial charge in [-0.05, 0) is 67.7 Å². The van der Waals surface area contributed by atoms with E-state index in [4.69, 9.17) is 0 Å². The highest BCUT2D eigenvalue weighted by atomic mass is 14.9.